The van der Waals surface area contributed by atoms with E-state index >= 15 is 0 Å². The molecule has 0 aliphatic heterocycles. The summed E-state index contributed by atoms with van der Waals surface area (Å²) in [4.78, 5) is 0.188. The summed E-state index contributed by atoms with van der Waals surface area (Å²) in [6.45, 7) is 2.48. The number of benzene rings is 2. The number of anilines is 2. The second-order valence-electron chi connectivity index (χ2n) is 6.21. The smallest absolute Gasteiger partial charge is 0.263 e. The summed E-state index contributed by atoms with van der Waals surface area (Å²) in [5.74, 6) is 1.57. The average Bonchev–Trinajstić information content (AvgIpc) is 2.69. The van der Waals surface area contributed by atoms with E-state index in [0.717, 1.165) is 23.3 Å². The van der Waals surface area contributed by atoms with Gasteiger partial charge in [0.2, 0.25) is 0 Å². The summed E-state index contributed by atoms with van der Waals surface area (Å²) in [5.41, 5.74) is 1.96. The van der Waals surface area contributed by atoms with Crippen LogP contribution in [-0.4, -0.2) is 32.3 Å². The quantitative estimate of drug-likeness (QED) is 0.605. The number of nitrogens with one attached hydrogen (secondary N) is 2. The number of aromatic nitrogens is 2. The second-order valence-corrected chi connectivity index (χ2v) is 7.90. The molecule has 3 rings (SSSR count). The summed E-state index contributed by atoms with van der Waals surface area (Å²) in [7, 11) is -2.05. The van der Waals surface area contributed by atoms with Gasteiger partial charge in [0.1, 0.15) is 11.6 Å². The topological polar surface area (TPSA) is 93.2 Å². The van der Waals surface area contributed by atoms with Crippen LogP contribution in [0.2, 0.25) is 0 Å². The first-order chi connectivity index (χ1) is 13.5. The predicted molar refractivity (Wildman–Crippen MR) is 109 cm³/mol. The van der Waals surface area contributed by atoms with E-state index < -0.39 is 10.0 Å². The zero-order valence-corrected chi connectivity index (χ0v) is 16.5. The number of rotatable bonds is 8. The Balaban J connectivity index is 1.59. The summed E-state index contributed by atoms with van der Waals surface area (Å²) >= 11 is 0. The third-order valence-electron chi connectivity index (χ3n) is 4.10. The van der Waals surface area contributed by atoms with E-state index in [1.165, 1.54) is 6.07 Å². The molecule has 0 aliphatic carbocycles. The highest BCUT2D eigenvalue weighted by molar-refractivity contribution is 7.92. The third kappa shape index (κ3) is 4.98. The minimum atomic E-state index is -3.70. The Morgan fingerprint density at radius 1 is 0.964 bits per heavy atom. The Hall–Kier alpha value is -3.13. The lowest BCUT2D eigenvalue weighted by atomic mass is 10.1. The highest BCUT2D eigenvalue weighted by atomic mass is 32.2. The Bertz CT molecular complexity index is 1040. The van der Waals surface area contributed by atoms with Gasteiger partial charge in [-0.15, -0.1) is 10.2 Å². The van der Waals surface area contributed by atoms with Crippen LogP contribution < -0.4 is 14.8 Å². The molecule has 0 bridgehead atoms. The number of hydrogen-bond acceptors (Lipinski definition) is 6. The van der Waals surface area contributed by atoms with E-state index in [1.807, 2.05) is 37.3 Å². The first-order valence-corrected chi connectivity index (χ1v) is 10.3. The molecule has 0 spiro atoms. The van der Waals surface area contributed by atoms with Gasteiger partial charge in [0.05, 0.1) is 12.0 Å². The molecule has 0 atom stereocenters. The average molecular weight is 398 g/mol. The van der Waals surface area contributed by atoms with Gasteiger partial charge in [0, 0.05) is 6.54 Å². The van der Waals surface area contributed by atoms with E-state index in [0.29, 0.717) is 12.4 Å². The van der Waals surface area contributed by atoms with Crippen molar-refractivity contribution in [2.24, 2.45) is 0 Å². The Morgan fingerprint density at radius 2 is 1.71 bits per heavy atom. The predicted octanol–water partition coefficient (Wildman–Crippen LogP) is 3.25. The molecule has 2 aromatic carbocycles. The number of nitrogens with zero attached hydrogens (tertiary/aromatic N) is 2. The van der Waals surface area contributed by atoms with Crippen molar-refractivity contribution in [1.29, 1.82) is 0 Å². The third-order valence-corrected chi connectivity index (χ3v) is 5.45. The first kappa shape index (κ1) is 19.6. The molecule has 146 valence electrons. The van der Waals surface area contributed by atoms with Crippen LogP contribution in [0, 0.1) is 6.92 Å². The van der Waals surface area contributed by atoms with Crippen LogP contribution in [0.15, 0.2) is 65.6 Å². The van der Waals surface area contributed by atoms with Crippen LogP contribution in [0.1, 0.15) is 11.1 Å². The van der Waals surface area contributed by atoms with Gasteiger partial charge >= 0.3 is 0 Å². The normalized spacial score (nSPS) is 11.1. The lowest BCUT2D eigenvalue weighted by molar-refractivity contribution is 0.410. The van der Waals surface area contributed by atoms with E-state index in [-0.39, 0.29) is 10.7 Å². The zero-order chi connectivity index (χ0) is 20.0. The molecule has 1 heterocycles. The fourth-order valence-electron chi connectivity index (χ4n) is 2.69. The number of aryl methyl sites for hydroxylation is 1. The molecular formula is C20H22N4O3S. The van der Waals surface area contributed by atoms with E-state index in [2.05, 4.69) is 20.2 Å². The lowest BCUT2D eigenvalue weighted by Crippen LogP contribution is -2.15. The molecular weight excluding hydrogens is 376 g/mol. The molecule has 0 saturated heterocycles. The SMILES string of the molecule is COc1ccccc1CCNc1ccc(NS(=O)(=O)c2cccc(C)c2)nn1. The molecule has 0 aliphatic rings. The largest absolute Gasteiger partial charge is 0.496 e. The Morgan fingerprint density at radius 3 is 2.43 bits per heavy atom. The van der Waals surface area contributed by atoms with Gasteiger partial charge in [-0.1, -0.05) is 30.3 Å². The maximum atomic E-state index is 12.4. The number of para-hydroxylation sites is 1. The molecule has 0 radical (unpaired) electrons. The minimum absolute atomic E-state index is 0.164. The lowest BCUT2D eigenvalue weighted by Gasteiger charge is -2.10. The van der Waals surface area contributed by atoms with Crippen molar-refractivity contribution in [2.45, 2.75) is 18.2 Å². The maximum Gasteiger partial charge on any atom is 0.263 e. The summed E-state index contributed by atoms with van der Waals surface area (Å²) in [5, 5.41) is 11.1. The van der Waals surface area contributed by atoms with Crippen molar-refractivity contribution < 1.29 is 13.2 Å². The summed E-state index contributed by atoms with van der Waals surface area (Å²) in [6, 6.07) is 17.8. The van der Waals surface area contributed by atoms with Crippen LogP contribution in [0.5, 0.6) is 5.75 Å². The van der Waals surface area contributed by atoms with Crippen LogP contribution in [0.25, 0.3) is 0 Å². The van der Waals surface area contributed by atoms with Gasteiger partial charge in [-0.05, 0) is 54.8 Å². The van der Waals surface area contributed by atoms with Gasteiger partial charge in [0.15, 0.2) is 5.82 Å². The molecule has 0 unspecified atom stereocenters. The van der Waals surface area contributed by atoms with E-state index in [9.17, 15) is 8.42 Å². The van der Waals surface area contributed by atoms with Crippen molar-refractivity contribution in [1.82, 2.24) is 10.2 Å². The Kier molecular flexibility index (Phi) is 6.10. The second kappa shape index (κ2) is 8.71. The number of sulfonamides is 1. The van der Waals surface area contributed by atoms with Crippen molar-refractivity contribution in [3.8, 4) is 5.75 Å². The van der Waals surface area contributed by atoms with Crippen molar-refractivity contribution in [2.75, 3.05) is 23.7 Å². The van der Waals surface area contributed by atoms with Gasteiger partial charge in [-0.25, -0.2) is 8.42 Å². The van der Waals surface area contributed by atoms with Gasteiger partial charge in [-0.3, -0.25) is 4.72 Å². The summed E-state index contributed by atoms with van der Waals surface area (Å²) in [6.07, 6.45) is 0.757. The molecule has 2 N–H and O–H groups in total. The number of methoxy groups -OCH3 is 1. The molecule has 3 aromatic rings. The molecule has 0 fully saturated rings. The van der Waals surface area contributed by atoms with Crippen LogP contribution in [-0.2, 0) is 16.4 Å². The molecule has 28 heavy (non-hydrogen) atoms. The van der Waals surface area contributed by atoms with Crippen LogP contribution in [0.3, 0.4) is 0 Å². The summed E-state index contributed by atoms with van der Waals surface area (Å²) < 4.78 is 32.6. The van der Waals surface area contributed by atoms with Gasteiger partial charge in [-0.2, -0.15) is 0 Å². The van der Waals surface area contributed by atoms with Crippen LogP contribution in [0.4, 0.5) is 11.6 Å². The van der Waals surface area contributed by atoms with Crippen molar-refractivity contribution >= 4 is 21.7 Å². The minimum Gasteiger partial charge on any atom is -0.496 e. The molecule has 1 aromatic heterocycles. The number of ether oxygens (including phenoxy) is 1. The highest BCUT2D eigenvalue weighted by Crippen LogP contribution is 2.18. The fraction of sp³-hybridized carbons (Fsp3) is 0.200. The molecule has 0 saturated carbocycles. The molecule has 8 heteroatoms. The maximum absolute atomic E-state index is 12.4. The van der Waals surface area contributed by atoms with E-state index in [4.69, 9.17) is 4.74 Å². The standard InChI is InChI=1S/C20H22N4O3S/c1-15-6-5-8-17(14-15)28(25,26)24-20-11-10-19(22-23-20)21-13-12-16-7-3-4-9-18(16)27-2/h3-11,14H,12-13H2,1-2H3,(H,21,22)(H,23,24). The highest BCUT2D eigenvalue weighted by Gasteiger charge is 2.15. The number of hydrogen-bond donors (Lipinski definition) is 2. The fourth-order valence-corrected chi connectivity index (χ4v) is 3.80. The van der Waals surface area contributed by atoms with Crippen molar-refractivity contribution in [3.63, 3.8) is 0 Å². The molecule has 0 amide bonds. The Labute approximate surface area is 164 Å². The van der Waals surface area contributed by atoms with Gasteiger partial charge < -0.3 is 10.1 Å². The zero-order valence-electron chi connectivity index (χ0n) is 15.7. The van der Waals surface area contributed by atoms with E-state index in [1.54, 1.807) is 31.4 Å². The first-order valence-electron chi connectivity index (χ1n) is 8.77. The van der Waals surface area contributed by atoms with Crippen molar-refractivity contribution in [3.05, 3.63) is 71.8 Å². The van der Waals surface area contributed by atoms with Gasteiger partial charge in [0.25, 0.3) is 10.0 Å². The monoisotopic (exact) mass is 398 g/mol. The molecule has 7 nitrogen and oxygen atoms in total. The van der Waals surface area contributed by atoms with Crippen LogP contribution >= 0.6 is 0 Å².